The highest BCUT2D eigenvalue weighted by Crippen LogP contribution is 2.33. The maximum absolute atomic E-state index is 12.7. The van der Waals surface area contributed by atoms with Gasteiger partial charge in [0.15, 0.2) is 5.69 Å². The number of aromatic nitrogens is 4. The van der Waals surface area contributed by atoms with Gasteiger partial charge >= 0.3 is 6.18 Å². The number of methoxy groups -OCH3 is 1. The molecule has 1 aromatic heterocycles. The minimum atomic E-state index is -4.63. The molecule has 0 unspecified atom stereocenters. The van der Waals surface area contributed by atoms with Crippen LogP contribution >= 0.6 is 0 Å². The first kappa shape index (κ1) is 12.2. The Labute approximate surface area is 99.6 Å². The SMILES string of the molecule is COc1ccc(-c2nnnnc2C(F)(F)F)cc1. The molecule has 0 spiro atoms. The summed E-state index contributed by atoms with van der Waals surface area (Å²) in [5.41, 5.74) is -1.28. The number of rotatable bonds is 2. The molecule has 0 N–H and O–H groups in total. The van der Waals surface area contributed by atoms with Gasteiger partial charge < -0.3 is 4.74 Å². The van der Waals surface area contributed by atoms with Crippen LogP contribution in [0.15, 0.2) is 24.3 Å². The summed E-state index contributed by atoms with van der Waals surface area (Å²) in [4.78, 5) is 0. The summed E-state index contributed by atoms with van der Waals surface area (Å²) < 4.78 is 43.0. The van der Waals surface area contributed by atoms with E-state index < -0.39 is 11.9 Å². The highest BCUT2D eigenvalue weighted by molar-refractivity contribution is 5.62. The summed E-state index contributed by atoms with van der Waals surface area (Å²) in [5, 5.41) is 12.4. The van der Waals surface area contributed by atoms with Crippen LogP contribution in [0.3, 0.4) is 0 Å². The quantitative estimate of drug-likeness (QED) is 0.822. The van der Waals surface area contributed by atoms with Gasteiger partial charge in [-0.3, -0.25) is 0 Å². The standard InChI is InChI=1S/C10H7F3N4O/c1-18-7-4-2-6(3-5-7)8-9(10(11,12)13)15-17-16-14-8/h2-5H,1H3. The Morgan fingerprint density at radius 2 is 1.61 bits per heavy atom. The molecule has 0 amide bonds. The fraction of sp³-hybridized carbons (Fsp3) is 0.200. The monoisotopic (exact) mass is 256 g/mol. The van der Waals surface area contributed by atoms with E-state index in [1.165, 1.54) is 31.4 Å². The first-order chi connectivity index (χ1) is 8.52. The van der Waals surface area contributed by atoms with E-state index in [1.807, 2.05) is 0 Å². The molecule has 0 aliphatic rings. The lowest BCUT2D eigenvalue weighted by Crippen LogP contribution is -2.13. The molecule has 2 rings (SSSR count). The molecule has 5 nitrogen and oxygen atoms in total. The largest absolute Gasteiger partial charge is 0.497 e. The Balaban J connectivity index is 2.50. The lowest BCUT2D eigenvalue weighted by Gasteiger charge is -2.08. The van der Waals surface area contributed by atoms with E-state index in [1.54, 1.807) is 0 Å². The molecule has 2 aromatic rings. The second-order valence-electron chi connectivity index (χ2n) is 3.30. The third-order valence-corrected chi connectivity index (χ3v) is 2.19. The Hall–Kier alpha value is -2.25. The Bertz CT molecular complexity index is 542. The van der Waals surface area contributed by atoms with Crippen LogP contribution in [0.4, 0.5) is 13.2 Å². The van der Waals surface area contributed by atoms with Crippen molar-refractivity contribution in [3.63, 3.8) is 0 Å². The van der Waals surface area contributed by atoms with Crippen LogP contribution in [-0.4, -0.2) is 27.7 Å². The van der Waals surface area contributed by atoms with Crippen LogP contribution in [0, 0.1) is 0 Å². The second kappa shape index (κ2) is 4.55. The zero-order valence-corrected chi connectivity index (χ0v) is 9.14. The van der Waals surface area contributed by atoms with Crippen LogP contribution in [0.25, 0.3) is 11.3 Å². The zero-order valence-electron chi connectivity index (χ0n) is 9.14. The lowest BCUT2D eigenvalue weighted by atomic mass is 10.1. The van der Waals surface area contributed by atoms with Gasteiger partial charge in [-0.05, 0) is 34.7 Å². The zero-order chi connectivity index (χ0) is 13.2. The molecule has 8 heteroatoms. The molecule has 0 atom stereocenters. The Morgan fingerprint density at radius 3 is 2.17 bits per heavy atom. The minimum Gasteiger partial charge on any atom is -0.497 e. The van der Waals surface area contributed by atoms with Crippen LogP contribution < -0.4 is 4.74 Å². The highest BCUT2D eigenvalue weighted by Gasteiger charge is 2.37. The number of halogens is 3. The summed E-state index contributed by atoms with van der Waals surface area (Å²) in [6.45, 7) is 0. The van der Waals surface area contributed by atoms with Gasteiger partial charge in [0, 0.05) is 5.56 Å². The number of alkyl halides is 3. The van der Waals surface area contributed by atoms with Crippen LogP contribution in [-0.2, 0) is 6.18 Å². The van der Waals surface area contributed by atoms with E-state index in [9.17, 15) is 13.2 Å². The molecule has 0 aliphatic heterocycles. The number of hydrogen-bond donors (Lipinski definition) is 0. The molecule has 18 heavy (non-hydrogen) atoms. The van der Waals surface area contributed by atoms with Gasteiger partial charge in [0.2, 0.25) is 0 Å². The third-order valence-electron chi connectivity index (χ3n) is 2.19. The molecule has 0 aliphatic carbocycles. The Morgan fingerprint density at radius 1 is 1.00 bits per heavy atom. The topological polar surface area (TPSA) is 60.8 Å². The predicted molar refractivity (Wildman–Crippen MR) is 54.6 cm³/mol. The first-order valence-electron chi connectivity index (χ1n) is 4.80. The lowest BCUT2D eigenvalue weighted by molar-refractivity contribution is -0.141. The fourth-order valence-corrected chi connectivity index (χ4v) is 1.36. The van der Waals surface area contributed by atoms with Crippen molar-refractivity contribution < 1.29 is 17.9 Å². The van der Waals surface area contributed by atoms with Crippen LogP contribution in [0.1, 0.15) is 5.69 Å². The second-order valence-corrected chi connectivity index (χ2v) is 3.30. The molecule has 0 bridgehead atoms. The fourth-order valence-electron chi connectivity index (χ4n) is 1.36. The number of nitrogens with zero attached hydrogens (tertiary/aromatic N) is 4. The number of ether oxygens (including phenoxy) is 1. The van der Waals surface area contributed by atoms with Gasteiger partial charge in [-0.25, -0.2) is 0 Å². The van der Waals surface area contributed by atoms with Gasteiger partial charge in [0.25, 0.3) is 0 Å². The van der Waals surface area contributed by atoms with E-state index >= 15 is 0 Å². The third kappa shape index (κ3) is 2.36. The molecule has 1 aromatic carbocycles. The van der Waals surface area contributed by atoms with Crippen molar-refractivity contribution in [1.82, 2.24) is 20.6 Å². The van der Waals surface area contributed by atoms with Gasteiger partial charge in [0.05, 0.1) is 7.11 Å². The normalized spacial score (nSPS) is 11.3. The van der Waals surface area contributed by atoms with Crippen molar-refractivity contribution in [3.05, 3.63) is 30.0 Å². The molecular formula is C10H7F3N4O. The van der Waals surface area contributed by atoms with Gasteiger partial charge in [0.1, 0.15) is 11.4 Å². The molecule has 0 saturated carbocycles. The van der Waals surface area contributed by atoms with E-state index in [2.05, 4.69) is 20.6 Å². The average Bonchev–Trinajstić information content (AvgIpc) is 2.38. The predicted octanol–water partition coefficient (Wildman–Crippen LogP) is 1.96. The van der Waals surface area contributed by atoms with Crippen molar-refractivity contribution in [2.45, 2.75) is 6.18 Å². The summed E-state index contributed by atoms with van der Waals surface area (Å²) in [6.07, 6.45) is -4.63. The Kier molecular flexibility index (Phi) is 3.09. The molecule has 0 saturated heterocycles. The van der Waals surface area contributed by atoms with Crippen LogP contribution in [0.5, 0.6) is 5.75 Å². The van der Waals surface area contributed by atoms with E-state index in [0.717, 1.165) is 0 Å². The summed E-state index contributed by atoms with van der Waals surface area (Å²) in [7, 11) is 1.46. The van der Waals surface area contributed by atoms with Crippen molar-refractivity contribution in [2.24, 2.45) is 0 Å². The van der Waals surface area contributed by atoms with Crippen molar-refractivity contribution >= 4 is 0 Å². The maximum Gasteiger partial charge on any atom is 0.437 e. The molecule has 0 radical (unpaired) electrons. The average molecular weight is 256 g/mol. The van der Waals surface area contributed by atoms with E-state index in [-0.39, 0.29) is 11.3 Å². The van der Waals surface area contributed by atoms with Gasteiger partial charge in [-0.15, -0.1) is 10.2 Å². The molecular weight excluding hydrogens is 249 g/mol. The summed E-state index contributed by atoms with van der Waals surface area (Å²) >= 11 is 0. The number of benzene rings is 1. The van der Waals surface area contributed by atoms with Crippen molar-refractivity contribution in [1.29, 1.82) is 0 Å². The molecule has 1 heterocycles. The summed E-state index contributed by atoms with van der Waals surface area (Å²) in [5.74, 6) is 0.530. The molecule has 0 fully saturated rings. The van der Waals surface area contributed by atoms with E-state index in [0.29, 0.717) is 5.75 Å². The van der Waals surface area contributed by atoms with Crippen LogP contribution in [0.2, 0.25) is 0 Å². The minimum absolute atomic E-state index is 0.241. The summed E-state index contributed by atoms with van der Waals surface area (Å²) in [6, 6.07) is 5.94. The van der Waals surface area contributed by atoms with Crippen molar-refractivity contribution in [2.75, 3.05) is 7.11 Å². The smallest absolute Gasteiger partial charge is 0.437 e. The van der Waals surface area contributed by atoms with Crippen molar-refractivity contribution in [3.8, 4) is 17.0 Å². The van der Waals surface area contributed by atoms with Gasteiger partial charge in [-0.2, -0.15) is 13.2 Å². The maximum atomic E-state index is 12.7. The highest BCUT2D eigenvalue weighted by atomic mass is 19.4. The van der Waals surface area contributed by atoms with Gasteiger partial charge in [-0.1, -0.05) is 0 Å². The van der Waals surface area contributed by atoms with E-state index in [4.69, 9.17) is 4.74 Å². The molecule has 94 valence electrons. The first-order valence-corrected chi connectivity index (χ1v) is 4.80. The number of hydrogen-bond acceptors (Lipinski definition) is 5.